The number of rotatable bonds is 1. The summed E-state index contributed by atoms with van der Waals surface area (Å²) in [7, 11) is 0. The Bertz CT molecular complexity index is 20.0. The SMILES string of the molecule is O=NOI. The normalized spacial score (nSPS) is 5.25. The van der Waals surface area contributed by atoms with E-state index in [0.717, 1.165) is 0 Å². The molecule has 0 aliphatic heterocycles. The molecule has 0 heterocycles. The molecule has 0 rings (SSSR count). The first-order chi connectivity index (χ1) is 1.91. The largest absolute Gasteiger partial charge is 0.293 e. The summed E-state index contributed by atoms with van der Waals surface area (Å²) < 4.78 is 3.58. The van der Waals surface area contributed by atoms with Crippen LogP contribution in [0.3, 0.4) is 0 Å². The zero-order valence-corrected chi connectivity index (χ0v) is 3.80. The van der Waals surface area contributed by atoms with Crippen LogP contribution in [0.15, 0.2) is 5.34 Å². The molecule has 0 N–H and O–H groups in total. The van der Waals surface area contributed by atoms with Gasteiger partial charge in [-0.05, 0) is 0 Å². The van der Waals surface area contributed by atoms with Crippen molar-refractivity contribution in [2.75, 3.05) is 0 Å². The molecule has 24 valence electrons. The van der Waals surface area contributed by atoms with E-state index in [2.05, 4.69) is 3.17 Å². The van der Waals surface area contributed by atoms with Crippen molar-refractivity contribution in [3.05, 3.63) is 4.91 Å². The van der Waals surface area contributed by atoms with Crippen LogP contribution in [0.1, 0.15) is 0 Å². The maximum atomic E-state index is 8.69. The van der Waals surface area contributed by atoms with E-state index >= 15 is 0 Å². The Labute approximate surface area is 37.0 Å². The van der Waals surface area contributed by atoms with Crippen LogP contribution in [0.4, 0.5) is 0 Å². The van der Waals surface area contributed by atoms with Gasteiger partial charge in [0.1, 0.15) is 0 Å². The molecule has 4 heavy (non-hydrogen) atoms. The minimum absolute atomic E-state index is 1.37. The first kappa shape index (κ1) is 4.13. The molecule has 3 nitrogen and oxygen atoms in total. The van der Waals surface area contributed by atoms with E-state index in [-0.39, 0.29) is 0 Å². The Balaban J connectivity index is 2.30. The van der Waals surface area contributed by atoms with Gasteiger partial charge in [-0.1, -0.05) is 0 Å². The highest BCUT2D eigenvalue weighted by Gasteiger charge is 1.49. The second-order valence-electron chi connectivity index (χ2n) is 0.144. The average molecular weight is 173 g/mol. The molecule has 0 bridgehead atoms. The minimum atomic E-state index is 1.37. The van der Waals surface area contributed by atoms with Gasteiger partial charge in [-0.25, -0.2) is 0 Å². The van der Waals surface area contributed by atoms with Gasteiger partial charge in [-0.2, -0.15) is 0 Å². The maximum absolute atomic E-state index is 8.69. The number of hydrogen-bond donors (Lipinski definition) is 0. The van der Waals surface area contributed by atoms with Gasteiger partial charge in [-0.15, -0.1) is 4.91 Å². The van der Waals surface area contributed by atoms with Crippen molar-refractivity contribution in [3.8, 4) is 0 Å². The lowest BCUT2D eigenvalue weighted by Crippen LogP contribution is -1.36. The van der Waals surface area contributed by atoms with Crippen molar-refractivity contribution in [2.45, 2.75) is 0 Å². The molecule has 0 aliphatic carbocycles. The van der Waals surface area contributed by atoms with Gasteiger partial charge in [0.05, 0.1) is 0 Å². The summed E-state index contributed by atoms with van der Waals surface area (Å²) in [6.45, 7) is 0. The summed E-state index contributed by atoms with van der Waals surface area (Å²) in [5.41, 5.74) is 0. The maximum Gasteiger partial charge on any atom is 0.234 e. The summed E-state index contributed by atoms with van der Waals surface area (Å²) in [6, 6.07) is 0. The summed E-state index contributed by atoms with van der Waals surface area (Å²) in [5.74, 6) is 0. The molecule has 0 saturated carbocycles. The molecule has 4 heteroatoms. The highest BCUT2D eigenvalue weighted by atomic mass is 127. The van der Waals surface area contributed by atoms with Crippen molar-refractivity contribution < 1.29 is 3.17 Å². The smallest absolute Gasteiger partial charge is 0.234 e. The monoisotopic (exact) mass is 173 g/mol. The zero-order valence-electron chi connectivity index (χ0n) is 1.64. The Morgan fingerprint density at radius 2 is 2.25 bits per heavy atom. The second-order valence-corrected chi connectivity index (χ2v) is 0.537. The third-order valence-electron chi connectivity index (χ3n) is 0.0282. The lowest BCUT2D eigenvalue weighted by molar-refractivity contribution is 0.456. The molecule has 0 radical (unpaired) electrons. The Hall–Kier alpha value is 0.130. The van der Waals surface area contributed by atoms with Crippen molar-refractivity contribution in [3.63, 3.8) is 0 Å². The molecule has 0 fully saturated rings. The molecular weight excluding hydrogens is 173 g/mol. The first-order valence-corrected chi connectivity index (χ1v) is 1.40. The van der Waals surface area contributed by atoms with Crippen LogP contribution in [0.25, 0.3) is 0 Å². The molecule has 0 spiro atoms. The van der Waals surface area contributed by atoms with Gasteiger partial charge in [-0.3, -0.25) is 3.17 Å². The van der Waals surface area contributed by atoms with Crippen LogP contribution in [0.2, 0.25) is 0 Å². The number of halogens is 1. The average Bonchev–Trinajstić information content (AvgIpc) is 1.37. The van der Waals surface area contributed by atoms with Gasteiger partial charge in [0, 0.05) is 0 Å². The van der Waals surface area contributed by atoms with Crippen LogP contribution in [0, 0.1) is 4.91 Å². The Kier molecular flexibility index (Phi) is 3.23. The van der Waals surface area contributed by atoms with E-state index in [1.807, 2.05) is 5.34 Å². The van der Waals surface area contributed by atoms with Gasteiger partial charge in [0.2, 0.25) is 23.0 Å². The summed E-state index contributed by atoms with van der Waals surface area (Å²) in [6.07, 6.45) is 0. The van der Waals surface area contributed by atoms with E-state index < -0.39 is 0 Å². The second kappa shape index (κ2) is 3.13. The van der Waals surface area contributed by atoms with Crippen LogP contribution in [-0.2, 0) is 3.17 Å². The molecule has 0 saturated heterocycles. The van der Waals surface area contributed by atoms with Crippen molar-refractivity contribution >= 4 is 23.0 Å². The Morgan fingerprint density at radius 1 is 2.00 bits per heavy atom. The van der Waals surface area contributed by atoms with Crippen LogP contribution >= 0.6 is 23.0 Å². The van der Waals surface area contributed by atoms with Crippen LogP contribution in [-0.4, -0.2) is 0 Å². The fourth-order valence-electron chi connectivity index (χ4n) is 0. The first-order valence-electron chi connectivity index (χ1n) is 0.519. The molecule has 0 aromatic carbocycles. The van der Waals surface area contributed by atoms with Crippen molar-refractivity contribution in [1.82, 2.24) is 0 Å². The number of nitrogens with zero attached hydrogens (tertiary/aromatic N) is 1. The summed E-state index contributed by atoms with van der Waals surface area (Å²) in [5, 5.41) is 1.97. The van der Waals surface area contributed by atoms with E-state index in [9.17, 15) is 0 Å². The van der Waals surface area contributed by atoms with Gasteiger partial charge < -0.3 is 0 Å². The van der Waals surface area contributed by atoms with Crippen LogP contribution < -0.4 is 0 Å². The predicted molar refractivity (Wildman–Crippen MR) is 20.9 cm³/mol. The topological polar surface area (TPSA) is 38.7 Å². The van der Waals surface area contributed by atoms with Gasteiger partial charge in [0.25, 0.3) is 0 Å². The highest BCUT2D eigenvalue weighted by Crippen LogP contribution is 1.79. The fraction of sp³-hybridized carbons (Fsp3) is 0. The Morgan fingerprint density at radius 3 is 2.25 bits per heavy atom. The molecule has 0 atom stereocenters. The molecule has 0 aliphatic rings. The van der Waals surface area contributed by atoms with E-state index in [4.69, 9.17) is 4.91 Å². The van der Waals surface area contributed by atoms with Crippen LogP contribution in [0.5, 0.6) is 0 Å². The summed E-state index contributed by atoms with van der Waals surface area (Å²) >= 11 is 1.37. The van der Waals surface area contributed by atoms with Crippen molar-refractivity contribution in [2.24, 2.45) is 5.34 Å². The quantitative estimate of drug-likeness (QED) is 0.337. The third-order valence-corrected chi connectivity index (χ3v) is 0.189. The van der Waals surface area contributed by atoms with Crippen molar-refractivity contribution in [1.29, 1.82) is 0 Å². The molecule has 0 unspecified atom stereocenters. The van der Waals surface area contributed by atoms with E-state index in [1.165, 1.54) is 23.0 Å². The molecular formula is INO2. The highest BCUT2D eigenvalue weighted by molar-refractivity contribution is 14.1. The molecule has 0 aromatic rings. The van der Waals surface area contributed by atoms with Gasteiger partial charge >= 0.3 is 0 Å². The zero-order chi connectivity index (χ0) is 3.41. The standard InChI is InChI=1S/INO2/c1-4-2-3. The lowest BCUT2D eigenvalue weighted by atomic mass is 13.4. The predicted octanol–water partition coefficient (Wildman–Crippen LogP) is 1.03. The van der Waals surface area contributed by atoms with E-state index in [1.54, 1.807) is 0 Å². The molecule has 0 aromatic heterocycles. The minimum Gasteiger partial charge on any atom is -0.293 e. The van der Waals surface area contributed by atoms with E-state index in [0.29, 0.717) is 0 Å². The van der Waals surface area contributed by atoms with Gasteiger partial charge in [0.15, 0.2) is 5.34 Å². The summed E-state index contributed by atoms with van der Waals surface area (Å²) in [4.78, 5) is 8.69. The number of hydrogen-bond acceptors (Lipinski definition) is 3. The fourth-order valence-corrected chi connectivity index (χ4v) is 0. The molecule has 0 amide bonds. The third kappa shape index (κ3) is 2.13. The lowest BCUT2D eigenvalue weighted by Gasteiger charge is -1.57.